The van der Waals surface area contributed by atoms with Crippen LogP contribution in [0.5, 0.6) is 0 Å². The zero-order valence-electron chi connectivity index (χ0n) is 15.1. The molecular weight excluding hydrogens is 348 g/mol. The molecule has 2 rings (SSSR count). The van der Waals surface area contributed by atoms with Gasteiger partial charge in [-0.05, 0) is 11.1 Å². The number of esters is 1. The van der Waals surface area contributed by atoms with Gasteiger partial charge in [-0.1, -0.05) is 60.7 Å². The molecule has 0 unspecified atom stereocenters. The van der Waals surface area contributed by atoms with Crippen LogP contribution in [-0.2, 0) is 32.3 Å². The second-order valence-electron chi connectivity index (χ2n) is 5.80. The summed E-state index contributed by atoms with van der Waals surface area (Å²) in [6.07, 6.45) is -0.899. The highest BCUT2D eigenvalue weighted by atomic mass is 16.7. The number of benzene rings is 2. The third kappa shape index (κ3) is 7.19. The van der Waals surface area contributed by atoms with Gasteiger partial charge in [-0.15, -0.1) is 0 Å². The zero-order chi connectivity index (χ0) is 19.5. The van der Waals surface area contributed by atoms with E-state index in [2.05, 4.69) is 10.2 Å². The molecule has 0 radical (unpaired) electrons. The van der Waals surface area contributed by atoms with Crippen molar-refractivity contribution in [2.24, 2.45) is 0 Å². The van der Waals surface area contributed by atoms with Crippen molar-refractivity contribution >= 4 is 18.0 Å². The van der Waals surface area contributed by atoms with E-state index in [0.29, 0.717) is 13.1 Å². The second kappa shape index (κ2) is 10.6. The molecule has 0 saturated heterocycles. The Balaban J connectivity index is 1.95. The van der Waals surface area contributed by atoms with E-state index in [1.807, 2.05) is 60.7 Å². The van der Waals surface area contributed by atoms with Crippen molar-refractivity contribution in [1.82, 2.24) is 10.4 Å². The predicted molar refractivity (Wildman–Crippen MR) is 98.0 cm³/mol. The lowest BCUT2D eigenvalue weighted by molar-refractivity contribution is -0.143. The van der Waals surface area contributed by atoms with Gasteiger partial charge in [0.25, 0.3) is 5.91 Å². The smallest absolute Gasteiger partial charge is 0.434 e. The maximum atomic E-state index is 12.4. The van der Waals surface area contributed by atoms with Crippen molar-refractivity contribution in [3.63, 3.8) is 0 Å². The lowest BCUT2D eigenvalue weighted by Crippen LogP contribution is -2.36. The van der Waals surface area contributed by atoms with Crippen molar-refractivity contribution in [3.8, 4) is 0 Å². The Bertz CT molecular complexity index is 708. The molecule has 2 aromatic carbocycles. The first-order valence-electron chi connectivity index (χ1n) is 8.47. The summed E-state index contributed by atoms with van der Waals surface area (Å²) in [5.41, 5.74) is 3.94. The quantitative estimate of drug-likeness (QED) is 0.598. The van der Waals surface area contributed by atoms with E-state index >= 15 is 0 Å². The molecule has 0 aliphatic heterocycles. The normalized spacial score (nSPS) is 9.96. The average Bonchev–Trinajstić information content (AvgIpc) is 2.71. The van der Waals surface area contributed by atoms with Crippen LogP contribution in [0.25, 0.3) is 0 Å². The summed E-state index contributed by atoms with van der Waals surface area (Å²) < 4.78 is 4.46. The maximum Gasteiger partial charge on any atom is 0.434 e. The number of hydrogen-bond donors (Lipinski definition) is 1. The number of ether oxygens (including phenoxy) is 1. The van der Waals surface area contributed by atoms with Gasteiger partial charge in [-0.25, -0.2) is 4.79 Å². The molecule has 2 aromatic rings. The monoisotopic (exact) mass is 370 g/mol. The first-order chi connectivity index (χ1) is 13.1. The summed E-state index contributed by atoms with van der Waals surface area (Å²) in [5, 5.41) is 0. The highest BCUT2D eigenvalue weighted by Crippen LogP contribution is 2.11. The third-order valence-corrected chi connectivity index (χ3v) is 3.73. The van der Waals surface area contributed by atoms with Crippen LogP contribution in [0.15, 0.2) is 60.7 Å². The molecule has 0 aromatic heterocycles. The third-order valence-electron chi connectivity index (χ3n) is 3.73. The standard InChI is InChI=1S/C20H22N2O5/c1-26-19(24)13-12-18(23)21-27-20(25)22(14-16-8-4-2-5-9-16)15-17-10-6-3-7-11-17/h2-11H,12-15H2,1H3,(H,21,23). The molecule has 1 N–H and O–H groups in total. The van der Waals surface area contributed by atoms with Crippen LogP contribution in [0.4, 0.5) is 4.79 Å². The Kier molecular flexibility index (Phi) is 7.84. The SMILES string of the molecule is COC(=O)CCC(=O)NOC(=O)N(Cc1ccccc1)Cc1ccccc1. The van der Waals surface area contributed by atoms with E-state index < -0.39 is 18.0 Å². The lowest BCUT2D eigenvalue weighted by Gasteiger charge is -2.22. The fourth-order valence-corrected chi connectivity index (χ4v) is 2.33. The summed E-state index contributed by atoms with van der Waals surface area (Å²) in [7, 11) is 1.24. The number of nitrogens with one attached hydrogen (secondary N) is 1. The van der Waals surface area contributed by atoms with Crippen LogP contribution in [0.3, 0.4) is 0 Å². The minimum atomic E-state index is -0.686. The highest BCUT2D eigenvalue weighted by molar-refractivity contribution is 5.81. The molecule has 0 aliphatic rings. The van der Waals surface area contributed by atoms with E-state index in [1.165, 1.54) is 12.0 Å². The van der Waals surface area contributed by atoms with Gasteiger partial charge in [0.15, 0.2) is 0 Å². The molecule has 2 amide bonds. The minimum absolute atomic E-state index is 0.0857. The summed E-state index contributed by atoms with van der Waals surface area (Å²) in [6.45, 7) is 0.652. The predicted octanol–water partition coefficient (Wildman–Crippen LogP) is 2.81. The van der Waals surface area contributed by atoms with Gasteiger partial charge >= 0.3 is 12.1 Å². The van der Waals surface area contributed by atoms with Crippen molar-refractivity contribution in [2.45, 2.75) is 25.9 Å². The van der Waals surface area contributed by atoms with Gasteiger partial charge in [-0.2, -0.15) is 5.48 Å². The summed E-state index contributed by atoms with van der Waals surface area (Å²) in [6, 6.07) is 18.9. The maximum absolute atomic E-state index is 12.4. The van der Waals surface area contributed by atoms with Crippen LogP contribution < -0.4 is 5.48 Å². The first kappa shape index (κ1) is 20.0. The summed E-state index contributed by atoms with van der Waals surface area (Å²) in [4.78, 5) is 41.6. The summed E-state index contributed by atoms with van der Waals surface area (Å²) in [5.74, 6) is -1.08. The number of carbonyl (C=O) groups excluding carboxylic acids is 3. The van der Waals surface area contributed by atoms with Crippen molar-refractivity contribution in [1.29, 1.82) is 0 Å². The lowest BCUT2D eigenvalue weighted by atomic mass is 10.2. The Hall–Kier alpha value is -3.35. The van der Waals surface area contributed by atoms with E-state index in [4.69, 9.17) is 4.84 Å². The molecule has 0 saturated carbocycles. The van der Waals surface area contributed by atoms with Gasteiger partial charge in [0.2, 0.25) is 0 Å². The highest BCUT2D eigenvalue weighted by Gasteiger charge is 2.18. The number of hydrogen-bond acceptors (Lipinski definition) is 5. The van der Waals surface area contributed by atoms with Gasteiger partial charge in [-0.3, -0.25) is 14.5 Å². The molecule has 142 valence electrons. The van der Waals surface area contributed by atoms with Crippen molar-refractivity contribution < 1.29 is 24.0 Å². The largest absolute Gasteiger partial charge is 0.469 e. The van der Waals surface area contributed by atoms with E-state index in [1.54, 1.807) is 0 Å². The fraction of sp³-hybridized carbons (Fsp3) is 0.250. The number of amides is 2. The van der Waals surface area contributed by atoms with E-state index in [9.17, 15) is 14.4 Å². The average molecular weight is 370 g/mol. The van der Waals surface area contributed by atoms with E-state index in [0.717, 1.165) is 11.1 Å². The van der Waals surface area contributed by atoms with Crippen LogP contribution in [0.2, 0.25) is 0 Å². The number of rotatable bonds is 7. The molecule has 0 atom stereocenters. The van der Waals surface area contributed by atoms with Crippen LogP contribution in [-0.4, -0.2) is 30.0 Å². The zero-order valence-corrected chi connectivity index (χ0v) is 15.1. The second-order valence-corrected chi connectivity index (χ2v) is 5.80. The van der Waals surface area contributed by atoms with Gasteiger partial charge in [0, 0.05) is 19.5 Å². The van der Waals surface area contributed by atoms with Crippen molar-refractivity contribution in [2.75, 3.05) is 7.11 Å². The Morgan fingerprint density at radius 2 is 1.37 bits per heavy atom. The number of nitrogens with zero attached hydrogens (tertiary/aromatic N) is 1. The molecule has 0 fully saturated rings. The summed E-state index contributed by atoms with van der Waals surface area (Å²) >= 11 is 0. The molecule has 0 bridgehead atoms. The fourth-order valence-electron chi connectivity index (χ4n) is 2.33. The Labute approximate surface area is 157 Å². The minimum Gasteiger partial charge on any atom is -0.469 e. The number of methoxy groups -OCH3 is 1. The van der Waals surface area contributed by atoms with Gasteiger partial charge < -0.3 is 9.57 Å². The molecule has 0 spiro atoms. The van der Waals surface area contributed by atoms with Crippen LogP contribution in [0.1, 0.15) is 24.0 Å². The number of carbonyl (C=O) groups is 3. The van der Waals surface area contributed by atoms with Gasteiger partial charge in [0.05, 0.1) is 13.5 Å². The van der Waals surface area contributed by atoms with Crippen LogP contribution >= 0.6 is 0 Å². The Morgan fingerprint density at radius 1 is 0.852 bits per heavy atom. The van der Waals surface area contributed by atoms with Crippen molar-refractivity contribution in [3.05, 3.63) is 71.8 Å². The molecular formula is C20H22N2O5. The number of hydroxylamine groups is 1. The topological polar surface area (TPSA) is 84.9 Å². The first-order valence-corrected chi connectivity index (χ1v) is 8.47. The molecule has 0 heterocycles. The molecule has 27 heavy (non-hydrogen) atoms. The van der Waals surface area contributed by atoms with Gasteiger partial charge in [0.1, 0.15) is 0 Å². The Morgan fingerprint density at radius 3 is 1.85 bits per heavy atom. The molecule has 7 nitrogen and oxygen atoms in total. The molecule has 0 aliphatic carbocycles. The molecule has 7 heteroatoms. The van der Waals surface area contributed by atoms with E-state index in [-0.39, 0.29) is 12.8 Å². The van der Waals surface area contributed by atoms with Crippen LogP contribution in [0, 0.1) is 0 Å².